The highest BCUT2D eigenvalue weighted by Gasteiger charge is 2.29. The van der Waals surface area contributed by atoms with Gasteiger partial charge in [-0.05, 0) is 30.7 Å². The minimum absolute atomic E-state index is 0.337. The number of rotatable bonds is 4. The maximum Gasteiger partial charge on any atom is 0.243 e. The van der Waals surface area contributed by atoms with Gasteiger partial charge < -0.3 is 4.42 Å². The van der Waals surface area contributed by atoms with E-state index in [1.807, 2.05) is 6.92 Å². The Morgan fingerprint density at radius 3 is 2.46 bits per heavy atom. The number of piperazine rings is 1. The van der Waals surface area contributed by atoms with Crippen molar-refractivity contribution in [1.29, 1.82) is 0 Å². The lowest BCUT2D eigenvalue weighted by atomic mass is 10.2. The SMILES string of the molecule is Cc1nnc(CN2CCN(S(=O)(=O)c3ccc(Br)c(C)c3)CC2)o1. The summed E-state index contributed by atoms with van der Waals surface area (Å²) in [5, 5.41) is 7.79. The first-order valence-corrected chi connectivity index (χ1v) is 9.87. The molecule has 0 N–H and O–H groups in total. The van der Waals surface area contributed by atoms with Crippen LogP contribution in [0.25, 0.3) is 0 Å². The van der Waals surface area contributed by atoms with Gasteiger partial charge in [0, 0.05) is 37.6 Å². The van der Waals surface area contributed by atoms with E-state index < -0.39 is 10.0 Å². The molecule has 1 aromatic heterocycles. The molecule has 130 valence electrons. The van der Waals surface area contributed by atoms with Crippen molar-refractivity contribution >= 4 is 26.0 Å². The fraction of sp³-hybridized carbons (Fsp3) is 0.467. The van der Waals surface area contributed by atoms with Gasteiger partial charge in [-0.1, -0.05) is 15.9 Å². The van der Waals surface area contributed by atoms with Crippen molar-refractivity contribution in [2.45, 2.75) is 25.3 Å². The average molecular weight is 415 g/mol. The summed E-state index contributed by atoms with van der Waals surface area (Å²) in [7, 11) is -3.46. The van der Waals surface area contributed by atoms with Crippen LogP contribution in [-0.4, -0.2) is 54.0 Å². The van der Waals surface area contributed by atoms with E-state index in [2.05, 4.69) is 31.0 Å². The van der Waals surface area contributed by atoms with E-state index >= 15 is 0 Å². The van der Waals surface area contributed by atoms with Crippen molar-refractivity contribution in [2.75, 3.05) is 26.2 Å². The number of hydrogen-bond acceptors (Lipinski definition) is 6. The van der Waals surface area contributed by atoms with Gasteiger partial charge in [-0.15, -0.1) is 10.2 Å². The quantitative estimate of drug-likeness (QED) is 0.760. The van der Waals surface area contributed by atoms with E-state index in [1.165, 1.54) is 4.31 Å². The zero-order valence-corrected chi connectivity index (χ0v) is 16.0. The Kier molecular flexibility index (Phi) is 5.05. The molecule has 0 aliphatic carbocycles. The molecular weight excluding hydrogens is 396 g/mol. The van der Waals surface area contributed by atoms with E-state index in [-0.39, 0.29) is 0 Å². The van der Waals surface area contributed by atoms with Crippen LogP contribution in [0.5, 0.6) is 0 Å². The molecule has 1 aromatic carbocycles. The summed E-state index contributed by atoms with van der Waals surface area (Å²) < 4.78 is 33.4. The highest BCUT2D eigenvalue weighted by molar-refractivity contribution is 9.10. The Morgan fingerprint density at radius 2 is 1.88 bits per heavy atom. The summed E-state index contributed by atoms with van der Waals surface area (Å²) in [6.07, 6.45) is 0. The van der Waals surface area contributed by atoms with Crippen molar-refractivity contribution < 1.29 is 12.8 Å². The molecule has 9 heteroatoms. The molecule has 1 aliphatic heterocycles. The molecule has 2 aromatic rings. The van der Waals surface area contributed by atoms with E-state index in [0.29, 0.717) is 49.4 Å². The maximum absolute atomic E-state index is 12.8. The number of hydrogen-bond donors (Lipinski definition) is 0. The average Bonchev–Trinajstić information content (AvgIpc) is 2.95. The van der Waals surface area contributed by atoms with Gasteiger partial charge in [-0.25, -0.2) is 8.42 Å². The predicted molar refractivity (Wildman–Crippen MR) is 91.9 cm³/mol. The first-order valence-electron chi connectivity index (χ1n) is 7.64. The molecule has 0 amide bonds. The molecule has 1 saturated heterocycles. The lowest BCUT2D eigenvalue weighted by Gasteiger charge is -2.33. The number of aromatic nitrogens is 2. The zero-order chi connectivity index (χ0) is 17.3. The van der Waals surface area contributed by atoms with Crippen molar-refractivity contribution in [3.05, 3.63) is 40.0 Å². The van der Waals surface area contributed by atoms with Crippen LogP contribution in [0.1, 0.15) is 17.3 Å². The Morgan fingerprint density at radius 1 is 1.17 bits per heavy atom. The molecule has 0 unspecified atom stereocenters. The van der Waals surface area contributed by atoms with Gasteiger partial charge in [-0.2, -0.15) is 4.31 Å². The minimum atomic E-state index is -3.46. The van der Waals surface area contributed by atoms with Crippen LogP contribution in [-0.2, 0) is 16.6 Å². The van der Waals surface area contributed by atoms with Crippen molar-refractivity contribution in [1.82, 2.24) is 19.4 Å². The lowest BCUT2D eigenvalue weighted by molar-refractivity contribution is 0.167. The molecule has 24 heavy (non-hydrogen) atoms. The largest absolute Gasteiger partial charge is 0.424 e. The highest BCUT2D eigenvalue weighted by Crippen LogP contribution is 2.23. The van der Waals surface area contributed by atoms with Gasteiger partial charge >= 0.3 is 0 Å². The number of halogens is 1. The molecule has 0 bridgehead atoms. The molecule has 0 radical (unpaired) electrons. The molecule has 7 nitrogen and oxygen atoms in total. The highest BCUT2D eigenvalue weighted by atomic mass is 79.9. The van der Waals surface area contributed by atoms with Gasteiger partial charge in [-0.3, -0.25) is 4.90 Å². The van der Waals surface area contributed by atoms with Gasteiger partial charge in [0.05, 0.1) is 11.4 Å². The Bertz CT molecular complexity index is 829. The number of sulfonamides is 1. The molecule has 1 fully saturated rings. The fourth-order valence-electron chi connectivity index (χ4n) is 2.65. The zero-order valence-electron chi connectivity index (χ0n) is 13.6. The summed E-state index contributed by atoms with van der Waals surface area (Å²) in [6.45, 7) is 6.35. The third-order valence-electron chi connectivity index (χ3n) is 4.03. The summed E-state index contributed by atoms with van der Waals surface area (Å²) in [6, 6.07) is 5.11. The third-order valence-corrected chi connectivity index (χ3v) is 6.81. The number of benzene rings is 1. The van der Waals surface area contributed by atoms with Crippen LogP contribution in [0.4, 0.5) is 0 Å². The minimum Gasteiger partial charge on any atom is -0.424 e. The van der Waals surface area contributed by atoms with Crippen LogP contribution in [0.3, 0.4) is 0 Å². The first kappa shape index (κ1) is 17.5. The second-order valence-electron chi connectivity index (χ2n) is 5.81. The van der Waals surface area contributed by atoms with Crippen molar-refractivity contribution in [2.24, 2.45) is 0 Å². The van der Waals surface area contributed by atoms with Gasteiger partial charge in [0.1, 0.15) is 0 Å². The second-order valence-corrected chi connectivity index (χ2v) is 8.60. The van der Waals surface area contributed by atoms with Crippen LogP contribution >= 0.6 is 15.9 Å². The van der Waals surface area contributed by atoms with Crippen LogP contribution in [0.2, 0.25) is 0 Å². The predicted octanol–water partition coefficient (Wildman–Crippen LogP) is 1.96. The van der Waals surface area contributed by atoms with E-state index in [1.54, 1.807) is 25.1 Å². The van der Waals surface area contributed by atoms with Gasteiger partial charge in [0.2, 0.25) is 21.8 Å². The first-order chi connectivity index (χ1) is 11.4. The molecule has 0 atom stereocenters. The Hall–Kier alpha value is -1.29. The van der Waals surface area contributed by atoms with Crippen LogP contribution < -0.4 is 0 Å². The standard InChI is InChI=1S/C15H19BrN4O3S/c1-11-9-13(3-4-14(11)16)24(21,22)20-7-5-19(6-8-20)10-15-18-17-12(2)23-15/h3-4,9H,5-8,10H2,1-2H3. The summed E-state index contributed by atoms with van der Waals surface area (Å²) in [5.74, 6) is 1.10. The smallest absolute Gasteiger partial charge is 0.243 e. The van der Waals surface area contributed by atoms with E-state index in [0.717, 1.165) is 10.0 Å². The van der Waals surface area contributed by atoms with Crippen molar-refractivity contribution in [3.8, 4) is 0 Å². The van der Waals surface area contributed by atoms with Crippen LogP contribution in [0, 0.1) is 13.8 Å². The molecular formula is C15H19BrN4O3S. The molecule has 0 spiro atoms. The summed E-state index contributed by atoms with van der Waals surface area (Å²) in [5.41, 5.74) is 0.904. The van der Waals surface area contributed by atoms with Gasteiger partial charge in [0.15, 0.2) is 0 Å². The monoisotopic (exact) mass is 414 g/mol. The molecule has 2 heterocycles. The van der Waals surface area contributed by atoms with Gasteiger partial charge in [0.25, 0.3) is 0 Å². The normalized spacial score (nSPS) is 17.3. The third kappa shape index (κ3) is 3.69. The molecule has 3 rings (SSSR count). The maximum atomic E-state index is 12.8. The summed E-state index contributed by atoms with van der Waals surface area (Å²) >= 11 is 3.40. The fourth-order valence-corrected chi connectivity index (χ4v) is 4.40. The molecule has 1 aliphatic rings. The van der Waals surface area contributed by atoms with E-state index in [4.69, 9.17) is 4.42 Å². The Labute approximate surface area is 149 Å². The van der Waals surface area contributed by atoms with Crippen molar-refractivity contribution in [3.63, 3.8) is 0 Å². The number of nitrogens with zero attached hydrogens (tertiary/aromatic N) is 4. The Balaban J connectivity index is 1.65. The topological polar surface area (TPSA) is 79.5 Å². The number of aryl methyl sites for hydroxylation is 2. The summed E-state index contributed by atoms with van der Waals surface area (Å²) in [4.78, 5) is 2.45. The van der Waals surface area contributed by atoms with Crippen LogP contribution in [0.15, 0.2) is 32.0 Å². The second kappa shape index (κ2) is 6.91. The molecule has 0 saturated carbocycles. The lowest BCUT2D eigenvalue weighted by Crippen LogP contribution is -2.48. The van der Waals surface area contributed by atoms with E-state index in [9.17, 15) is 8.42 Å².